The Kier molecular flexibility index (Phi) is 7.04. The number of aromatic nitrogens is 3. The first-order chi connectivity index (χ1) is 18.3. The maximum atomic E-state index is 13.0. The molecule has 0 N–H and O–H groups in total. The Hall–Kier alpha value is -4.34. The van der Waals surface area contributed by atoms with Crippen molar-refractivity contribution in [3.05, 3.63) is 65.9 Å². The quantitative estimate of drug-likeness (QED) is 0.191. The predicted molar refractivity (Wildman–Crippen MR) is 135 cm³/mol. The Morgan fingerprint density at radius 2 is 1.92 bits per heavy atom. The molecule has 0 saturated heterocycles. The summed E-state index contributed by atoms with van der Waals surface area (Å²) in [6.07, 6.45) is 3.99. The van der Waals surface area contributed by atoms with E-state index >= 15 is 0 Å². The van der Waals surface area contributed by atoms with Crippen molar-refractivity contribution in [1.29, 1.82) is 0 Å². The van der Waals surface area contributed by atoms with Gasteiger partial charge in [-0.15, -0.1) is 0 Å². The van der Waals surface area contributed by atoms with E-state index in [0.717, 1.165) is 12.8 Å². The van der Waals surface area contributed by atoms with Crippen LogP contribution in [0.15, 0.2) is 54.7 Å². The molecule has 0 spiro atoms. The Balaban J connectivity index is 1.58. The zero-order valence-corrected chi connectivity index (χ0v) is 20.8. The van der Waals surface area contributed by atoms with Crippen LogP contribution in [0.3, 0.4) is 0 Å². The van der Waals surface area contributed by atoms with E-state index in [-0.39, 0.29) is 23.2 Å². The fourth-order valence-electron chi connectivity index (χ4n) is 4.04. The average Bonchev–Trinajstić information content (AvgIpc) is 3.65. The largest absolute Gasteiger partial charge is 0.489 e. The molecule has 1 aliphatic carbocycles. The number of nitrogens with zero attached hydrogens (tertiary/aromatic N) is 3. The van der Waals surface area contributed by atoms with Gasteiger partial charge in [0, 0.05) is 17.3 Å². The molecule has 4 aromatic rings. The van der Waals surface area contributed by atoms with Crippen LogP contribution in [0.4, 0.5) is 8.78 Å². The summed E-state index contributed by atoms with van der Waals surface area (Å²) in [6.45, 7) is 0.937. The third-order valence-electron chi connectivity index (χ3n) is 6.01. The predicted octanol–water partition coefficient (Wildman–Crippen LogP) is 5.83. The average molecular weight is 522 g/mol. The topological polar surface area (TPSA) is 92.0 Å². The Morgan fingerprint density at radius 3 is 2.63 bits per heavy atom. The molecule has 2 heterocycles. The number of aldehydes is 1. The number of benzene rings is 2. The van der Waals surface area contributed by atoms with Crippen LogP contribution in [-0.2, 0) is 4.74 Å². The lowest BCUT2D eigenvalue weighted by molar-refractivity contribution is -0.0515. The highest BCUT2D eigenvalue weighted by atomic mass is 19.3. The summed E-state index contributed by atoms with van der Waals surface area (Å²) in [5, 5.41) is 4.65. The molecule has 0 unspecified atom stereocenters. The monoisotopic (exact) mass is 521 g/mol. The lowest BCUT2D eigenvalue weighted by Crippen LogP contribution is -2.11. The summed E-state index contributed by atoms with van der Waals surface area (Å²) in [5.74, 6) is 0.0542. The molecular formula is C28H25F2N3O5. The summed E-state index contributed by atoms with van der Waals surface area (Å²) in [6, 6.07) is 13.0. The molecule has 38 heavy (non-hydrogen) atoms. The van der Waals surface area contributed by atoms with Gasteiger partial charge in [-0.25, -0.2) is 14.3 Å². The van der Waals surface area contributed by atoms with Gasteiger partial charge in [0.05, 0.1) is 29.5 Å². The van der Waals surface area contributed by atoms with Gasteiger partial charge in [-0.3, -0.25) is 4.79 Å². The van der Waals surface area contributed by atoms with Crippen molar-refractivity contribution in [3.8, 4) is 34.0 Å². The number of carbonyl (C=O) groups is 2. The van der Waals surface area contributed by atoms with Crippen LogP contribution in [0.1, 0.15) is 47.4 Å². The van der Waals surface area contributed by atoms with Gasteiger partial charge >= 0.3 is 12.6 Å². The van der Waals surface area contributed by atoms with E-state index in [1.54, 1.807) is 56.3 Å². The number of rotatable bonds is 10. The number of halogens is 2. The minimum atomic E-state index is -2.99. The first-order valence-corrected chi connectivity index (χ1v) is 12.2. The summed E-state index contributed by atoms with van der Waals surface area (Å²) in [5.41, 5.74) is 2.90. The van der Waals surface area contributed by atoms with Crippen molar-refractivity contribution in [1.82, 2.24) is 14.6 Å². The number of ether oxygens (including phenoxy) is 3. The van der Waals surface area contributed by atoms with Crippen LogP contribution < -0.4 is 9.47 Å². The Labute approximate surface area is 217 Å². The summed E-state index contributed by atoms with van der Waals surface area (Å²) in [7, 11) is 0. The summed E-state index contributed by atoms with van der Waals surface area (Å²) in [4.78, 5) is 28.9. The highest BCUT2D eigenvalue weighted by molar-refractivity contribution is 5.96. The van der Waals surface area contributed by atoms with E-state index in [1.165, 1.54) is 16.8 Å². The molecule has 5 rings (SSSR count). The molecular weight excluding hydrogens is 496 g/mol. The molecule has 2 aromatic heterocycles. The van der Waals surface area contributed by atoms with Gasteiger partial charge in [-0.1, -0.05) is 12.1 Å². The van der Waals surface area contributed by atoms with E-state index in [4.69, 9.17) is 9.47 Å². The van der Waals surface area contributed by atoms with E-state index in [1.807, 2.05) is 0 Å². The summed E-state index contributed by atoms with van der Waals surface area (Å²) < 4.78 is 43.2. The van der Waals surface area contributed by atoms with Gasteiger partial charge in [0.2, 0.25) is 0 Å². The van der Waals surface area contributed by atoms with E-state index < -0.39 is 12.6 Å². The molecule has 2 aromatic carbocycles. The number of hydrogen-bond acceptors (Lipinski definition) is 7. The maximum absolute atomic E-state index is 13.0. The van der Waals surface area contributed by atoms with Crippen LogP contribution in [0.5, 0.6) is 11.5 Å². The van der Waals surface area contributed by atoms with Gasteiger partial charge in [0.25, 0.3) is 0 Å². The van der Waals surface area contributed by atoms with Crippen molar-refractivity contribution in [3.63, 3.8) is 0 Å². The van der Waals surface area contributed by atoms with E-state index in [0.29, 0.717) is 52.5 Å². The first kappa shape index (κ1) is 25.3. The third kappa shape index (κ3) is 5.34. The second kappa shape index (κ2) is 10.6. The van der Waals surface area contributed by atoms with Gasteiger partial charge in [-0.05, 0) is 69.0 Å². The molecule has 0 aliphatic heterocycles. The zero-order valence-electron chi connectivity index (χ0n) is 20.8. The highest BCUT2D eigenvalue weighted by Gasteiger charge is 2.24. The molecule has 0 amide bonds. The third-order valence-corrected chi connectivity index (χ3v) is 6.01. The van der Waals surface area contributed by atoms with Gasteiger partial charge in [0.15, 0.2) is 23.4 Å². The fourth-order valence-corrected chi connectivity index (χ4v) is 4.04. The zero-order chi connectivity index (χ0) is 26.8. The van der Waals surface area contributed by atoms with Crippen LogP contribution in [-0.4, -0.2) is 46.2 Å². The van der Waals surface area contributed by atoms with Crippen molar-refractivity contribution in [2.24, 2.45) is 5.92 Å². The summed E-state index contributed by atoms with van der Waals surface area (Å²) >= 11 is 0. The fraction of sp³-hybridized carbons (Fsp3) is 0.286. The number of alkyl halides is 2. The standard InChI is InChI=1S/C28H25F2N3O5/c1-16(2)37-27(35)20-5-3-4-19(12-20)25-21(14-34)26-31-11-10-22(33(26)32-25)18-8-9-23(38-28(29)30)24(13-18)36-15-17-6-7-17/h3-5,8-14,16-17,28H,6-7,15H2,1-2H3. The van der Waals surface area contributed by atoms with E-state index in [9.17, 15) is 18.4 Å². The molecule has 1 saturated carbocycles. The first-order valence-electron chi connectivity index (χ1n) is 12.2. The second-order valence-electron chi connectivity index (χ2n) is 9.27. The molecule has 8 nitrogen and oxygen atoms in total. The SMILES string of the molecule is CC(C)OC(=O)c1cccc(-c2nn3c(-c4ccc(OC(F)F)c(OCC5CC5)c4)ccnc3c2C=O)c1. The molecule has 10 heteroatoms. The van der Waals surface area contributed by atoms with Crippen molar-refractivity contribution >= 4 is 17.9 Å². The highest BCUT2D eigenvalue weighted by Crippen LogP contribution is 2.37. The smallest absolute Gasteiger partial charge is 0.387 e. The molecule has 0 atom stereocenters. The molecule has 1 aliphatic rings. The molecule has 196 valence electrons. The van der Waals surface area contributed by atoms with Crippen molar-refractivity contribution < 1.29 is 32.6 Å². The number of esters is 1. The molecule has 1 fully saturated rings. The van der Waals surface area contributed by atoms with Crippen molar-refractivity contribution in [2.75, 3.05) is 6.61 Å². The number of carbonyl (C=O) groups excluding carboxylic acids is 2. The van der Waals surface area contributed by atoms with E-state index in [2.05, 4.69) is 14.8 Å². The van der Waals surface area contributed by atoms with Gasteiger partial charge in [0.1, 0.15) is 5.69 Å². The molecule has 0 radical (unpaired) electrons. The second-order valence-corrected chi connectivity index (χ2v) is 9.27. The Bertz CT molecular complexity index is 1500. The lowest BCUT2D eigenvalue weighted by Gasteiger charge is -2.14. The van der Waals surface area contributed by atoms with Crippen LogP contribution >= 0.6 is 0 Å². The van der Waals surface area contributed by atoms with Crippen LogP contribution in [0.25, 0.3) is 28.2 Å². The number of fused-ring (bicyclic) bond motifs is 1. The minimum absolute atomic E-state index is 0.0606. The minimum Gasteiger partial charge on any atom is -0.489 e. The normalized spacial score (nSPS) is 13.2. The van der Waals surface area contributed by atoms with Crippen LogP contribution in [0, 0.1) is 5.92 Å². The van der Waals surface area contributed by atoms with Crippen molar-refractivity contribution in [2.45, 2.75) is 39.4 Å². The lowest BCUT2D eigenvalue weighted by atomic mass is 10.1. The Morgan fingerprint density at radius 1 is 1.11 bits per heavy atom. The van der Waals surface area contributed by atoms with Crippen LogP contribution in [0.2, 0.25) is 0 Å². The maximum Gasteiger partial charge on any atom is 0.387 e. The number of hydrogen-bond donors (Lipinski definition) is 0. The van der Waals surface area contributed by atoms with Gasteiger partial charge in [-0.2, -0.15) is 13.9 Å². The van der Waals surface area contributed by atoms with Gasteiger partial charge < -0.3 is 14.2 Å². The molecule has 0 bridgehead atoms.